The van der Waals surface area contributed by atoms with E-state index in [1.807, 2.05) is 6.92 Å². The minimum atomic E-state index is -1.14. The summed E-state index contributed by atoms with van der Waals surface area (Å²) in [7, 11) is 0. The molecule has 2 N–H and O–H groups in total. The number of aryl methyl sites for hydroxylation is 1. The average molecular weight is 239 g/mol. The first-order valence-electron chi connectivity index (χ1n) is 5.42. The summed E-state index contributed by atoms with van der Waals surface area (Å²) in [4.78, 5) is 14.9. The molecular weight excluding hydrogens is 222 g/mol. The van der Waals surface area contributed by atoms with Gasteiger partial charge >= 0.3 is 5.97 Å². The lowest BCUT2D eigenvalue weighted by atomic mass is 10.1. The molecule has 1 heterocycles. The number of carbonyl (C=O) groups is 1. The Bertz CT molecular complexity index is 415. The maximum atomic E-state index is 11.0. The third-order valence-electron chi connectivity index (χ3n) is 2.50. The van der Waals surface area contributed by atoms with Crippen molar-refractivity contribution < 1.29 is 19.7 Å². The van der Waals surface area contributed by atoms with Gasteiger partial charge in [-0.05, 0) is 32.4 Å². The van der Waals surface area contributed by atoms with Gasteiger partial charge in [-0.2, -0.15) is 0 Å². The van der Waals surface area contributed by atoms with Crippen LogP contribution >= 0.6 is 0 Å². The number of aromatic nitrogens is 1. The zero-order chi connectivity index (χ0) is 13.1. The Labute approximate surface area is 100 Å². The summed E-state index contributed by atoms with van der Waals surface area (Å²) < 4.78 is 5.32. The summed E-state index contributed by atoms with van der Waals surface area (Å²) in [5, 5.41) is 18.7. The van der Waals surface area contributed by atoms with Gasteiger partial charge in [-0.15, -0.1) is 0 Å². The fraction of sp³-hybridized carbons (Fsp3) is 0.500. The maximum absolute atomic E-state index is 11.0. The monoisotopic (exact) mass is 239 g/mol. The van der Waals surface area contributed by atoms with Crippen molar-refractivity contribution >= 4 is 5.97 Å². The van der Waals surface area contributed by atoms with E-state index in [0.29, 0.717) is 12.1 Å². The van der Waals surface area contributed by atoms with E-state index in [0.717, 1.165) is 0 Å². The maximum Gasteiger partial charge on any atom is 0.358 e. The molecule has 94 valence electrons. The summed E-state index contributed by atoms with van der Waals surface area (Å²) in [6.45, 7) is 5.21. The Balaban J connectivity index is 2.88. The second-order valence-electron chi connectivity index (χ2n) is 4.24. The smallest absolute Gasteiger partial charge is 0.358 e. The van der Waals surface area contributed by atoms with Crippen molar-refractivity contribution in [1.82, 2.24) is 4.98 Å². The summed E-state index contributed by atoms with van der Waals surface area (Å²) in [6, 6.07) is 3.22. The highest BCUT2D eigenvalue weighted by Crippen LogP contribution is 2.19. The molecule has 17 heavy (non-hydrogen) atoms. The first-order chi connectivity index (χ1) is 7.85. The van der Waals surface area contributed by atoms with Crippen molar-refractivity contribution in [2.24, 2.45) is 0 Å². The van der Waals surface area contributed by atoms with E-state index in [1.54, 1.807) is 26.0 Å². The molecule has 5 nitrogen and oxygen atoms in total. The quantitative estimate of drug-likeness (QED) is 0.816. The van der Waals surface area contributed by atoms with Crippen molar-refractivity contribution in [2.45, 2.75) is 32.8 Å². The van der Waals surface area contributed by atoms with Crippen LogP contribution in [0, 0.1) is 6.92 Å². The van der Waals surface area contributed by atoms with E-state index < -0.39 is 11.6 Å². The van der Waals surface area contributed by atoms with Crippen LogP contribution in [0.1, 0.15) is 36.5 Å². The number of ether oxygens (including phenoxy) is 1. The number of rotatable bonds is 5. The Morgan fingerprint density at radius 2 is 2.18 bits per heavy atom. The molecule has 0 aliphatic rings. The Kier molecular flexibility index (Phi) is 4.07. The summed E-state index contributed by atoms with van der Waals surface area (Å²) >= 11 is 0. The number of pyridine rings is 1. The molecule has 0 aliphatic heterocycles. The average Bonchev–Trinajstić information content (AvgIpc) is 2.27. The van der Waals surface area contributed by atoms with E-state index in [1.165, 1.54) is 0 Å². The molecule has 5 heteroatoms. The van der Waals surface area contributed by atoms with Gasteiger partial charge in [-0.1, -0.05) is 6.92 Å². The first-order valence-corrected chi connectivity index (χ1v) is 5.42. The number of aliphatic hydroxyl groups is 1. The molecule has 1 atom stereocenters. The number of aromatic carboxylic acids is 1. The second kappa shape index (κ2) is 5.14. The molecule has 1 rings (SSSR count). The van der Waals surface area contributed by atoms with Crippen LogP contribution in [0.25, 0.3) is 0 Å². The fourth-order valence-corrected chi connectivity index (χ4v) is 1.15. The standard InChI is InChI=1S/C12H17NO4/c1-4-12(3,16)7-17-9-6-5-8(2)13-10(9)11(14)15/h5-6,16H,4,7H2,1-3H3,(H,14,15). The van der Waals surface area contributed by atoms with E-state index in [9.17, 15) is 9.90 Å². The molecular formula is C12H17NO4. The zero-order valence-electron chi connectivity index (χ0n) is 10.2. The molecule has 0 aliphatic carbocycles. The van der Waals surface area contributed by atoms with E-state index in [4.69, 9.17) is 9.84 Å². The third-order valence-corrected chi connectivity index (χ3v) is 2.50. The number of carboxylic acid groups (broad SMARTS) is 1. The van der Waals surface area contributed by atoms with Crippen molar-refractivity contribution in [3.8, 4) is 5.75 Å². The zero-order valence-corrected chi connectivity index (χ0v) is 10.2. The Morgan fingerprint density at radius 1 is 1.53 bits per heavy atom. The number of hydrogen-bond acceptors (Lipinski definition) is 4. The summed E-state index contributed by atoms with van der Waals surface area (Å²) in [6.07, 6.45) is 0.523. The molecule has 0 saturated heterocycles. The Morgan fingerprint density at radius 3 is 2.71 bits per heavy atom. The van der Waals surface area contributed by atoms with Gasteiger partial charge in [0, 0.05) is 5.69 Å². The molecule has 1 unspecified atom stereocenters. The van der Waals surface area contributed by atoms with Crippen LogP contribution in [0.2, 0.25) is 0 Å². The lowest BCUT2D eigenvalue weighted by molar-refractivity contribution is 0.00772. The molecule has 1 aromatic heterocycles. The molecule has 0 radical (unpaired) electrons. The van der Waals surface area contributed by atoms with Crippen molar-refractivity contribution in [3.63, 3.8) is 0 Å². The van der Waals surface area contributed by atoms with Crippen LogP contribution < -0.4 is 4.74 Å². The van der Waals surface area contributed by atoms with Gasteiger partial charge in [0.1, 0.15) is 6.61 Å². The van der Waals surface area contributed by atoms with Gasteiger partial charge in [0.2, 0.25) is 0 Å². The lowest BCUT2D eigenvalue weighted by Gasteiger charge is -2.21. The Hall–Kier alpha value is -1.62. The van der Waals surface area contributed by atoms with Gasteiger partial charge < -0.3 is 14.9 Å². The molecule has 1 aromatic rings. The minimum Gasteiger partial charge on any atom is -0.488 e. The molecule has 0 amide bonds. The summed E-state index contributed by atoms with van der Waals surface area (Å²) in [5.41, 5.74) is -0.491. The van der Waals surface area contributed by atoms with Crippen molar-refractivity contribution in [1.29, 1.82) is 0 Å². The molecule has 0 bridgehead atoms. The van der Waals surface area contributed by atoms with Gasteiger partial charge in [-0.3, -0.25) is 0 Å². The van der Waals surface area contributed by atoms with Crippen molar-refractivity contribution in [3.05, 3.63) is 23.5 Å². The fourth-order valence-electron chi connectivity index (χ4n) is 1.15. The van der Waals surface area contributed by atoms with Gasteiger partial charge in [0.25, 0.3) is 0 Å². The van der Waals surface area contributed by atoms with Crippen molar-refractivity contribution in [2.75, 3.05) is 6.61 Å². The van der Waals surface area contributed by atoms with Crippen LogP contribution in [-0.4, -0.2) is 33.4 Å². The van der Waals surface area contributed by atoms with Crippen LogP contribution in [0.4, 0.5) is 0 Å². The highest BCUT2D eigenvalue weighted by molar-refractivity contribution is 5.88. The van der Waals surface area contributed by atoms with Gasteiger partial charge in [0.15, 0.2) is 11.4 Å². The number of hydrogen-bond donors (Lipinski definition) is 2. The predicted octanol–water partition coefficient (Wildman–Crippen LogP) is 1.63. The minimum absolute atomic E-state index is 0.0362. The largest absolute Gasteiger partial charge is 0.488 e. The topological polar surface area (TPSA) is 79.7 Å². The van der Waals surface area contributed by atoms with Crippen LogP contribution in [-0.2, 0) is 0 Å². The van der Waals surface area contributed by atoms with E-state index >= 15 is 0 Å². The highest BCUT2D eigenvalue weighted by Gasteiger charge is 2.21. The first kappa shape index (κ1) is 13.4. The number of carboxylic acids is 1. The molecule has 0 aromatic carbocycles. The van der Waals surface area contributed by atoms with Crippen LogP contribution in [0.3, 0.4) is 0 Å². The third kappa shape index (κ3) is 3.71. The molecule has 0 spiro atoms. The number of nitrogens with zero attached hydrogens (tertiary/aromatic N) is 1. The molecule has 0 saturated carbocycles. The van der Waals surface area contributed by atoms with E-state index in [2.05, 4.69) is 4.98 Å². The SMILES string of the molecule is CCC(C)(O)COc1ccc(C)nc1C(=O)O. The molecule has 0 fully saturated rings. The second-order valence-corrected chi connectivity index (χ2v) is 4.24. The lowest BCUT2D eigenvalue weighted by Crippen LogP contribution is -2.31. The summed E-state index contributed by atoms with van der Waals surface area (Å²) in [5.74, 6) is -0.961. The normalized spacial score (nSPS) is 14.1. The highest BCUT2D eigenvalue weighted by atomic mass is 16.5. The van der Waals surface area contributed by atoms with Crippen LogP contribution in [0.15, 0.2) is 12.1 Å². The van der Waals surface area contributed by atoms with E-state index in [-0.39, 0.29) is 18.1 Å². The van der Waals surface area contributed by atoms with Gasteiger partial charge in [0.05, 0.1) is 5.60 Å². The predicted molar refractivity (Wildman–Crippen MR) is 62.3 cm³/mol. The van der Waals surface area contributed by atoms with Crippen LogP contribution in [0.5, 0.6) is 5.75 Å². The van der Waals surface area contributed by atoms with Gasteiger partial charge in [-0.25, -0.2) is 9.78 Å².